The molecule has 1 aliphatic heterocycles. The predicted molar refractivity (Wildman–Crippen MR) is 143 cm³/mol. The Labute approximate surface area is 219 Å². The summed E-state index contributed by atoms with van der Waals surface area (Å²) in [6.45, 7) is 8.99. The van der Waals surface area contributed by atoms with Crippen molar-refractivity contribution in [2.45, 2.75) is 39.7 Å². The minimum absolute atomic E-state index is 0.108. The van der Waals surface area contributed by atoms with Gasteiger partial charge in [0.1, 0.15) is 22.5 Å². The molecule has 0 radical (unpaired) electrons. The molecule has 0 saturated carbocycles. The summed E-state index contributed by atoms with van der Waals surface area (Å²) in [5.74, 6) is -1.41. The molecule has 1 saturated heterocycles. The predicted octanol–water partition coefficient (Wildman–Crippen LogP) is 4.77. The summed E-state index contributed by atoms with van der Waals surface area (Å²) in [7, 11) is -2.95. The van der Waals surface area contributed by atoms with Crippen molar-refractivity contribution in [2.75, 3.05) is 29.9 Å². The molecule has 198 valence electrons. The van der Waals surface area contributed by atoms with Crippen LogP contribution in [-0.2, 0) is 21.8 Å². The van der Waals surface area contributed by atoms with Crippen LogP contribution in [0.15, 0.2) is 30.3 Å². The molecule has 1 amide bonds. The Kier molecular flexibility index (Phi) is 7.42. The Morgan fingerprint density at radius 1 is 1.14 bits per heavy atom. The maximum Gasteiger partial charge on any atom is 0.251 e. The highest BCUT2D eigenvalue weighted by Crippen LogP contribution is 2.40. The molecule has 7 nitrogen and oxygen atoms in total. The molecule has 2 aromatic heterocycles. The molecule has 1 aromatic carbocycles. The molecule has 1 fully saturated rings. The molecule has 3 heterocycles. The van der Waals surface area contributed by atoms with Gasteiger partial charge in [-0.2, -0.15) is 0 Å². The van der Waals surface area contributed by atoms with E-state index >= 15 is 8.78 Å². The highest BCUT2D eigenvalue weighted by Gasteiger charge is 2.24. The first-order chi connectivity index (χ1) is 17.2. The van der Waals surface area contributed by atoms with E-state index in [2.05, 4.69) is 15.2 Å². The average Bonchev–Trinajstić information content (AvgIpc) is 3.19. The number of carbonyl (C=O) groups is 1. The largest absolute Gasteiger partial charge is 0.366 e. The molecule has 1 aliphatic rings. The minimum Gasteiger partial charge on any atom is -0.366 e. The highest BCUT2D eigenvalue weighted by atomic mass is 32.2. The SMILES string of the molecule is Cc1nc(Nc2sc(-c3c(F)cc(C(C)(C)C)cc3F)cc2C(N)=O)ccc1CN1CCS(=O)(=O)CC1. The number of halogens is 2. The highest BCUT2D eigenvalue weighted by molar-refractivity contribution is 7.91. The maximum atomic E-state index is 15.0. The number of nitrogens with two attached hydrogens (primary N) is 1. The molecule has 37 heavy (non-hydrogen) atoms. The molecule has 11 heteroatoms. The monoisotopic (exact) mass is 548 g/mol. The van der Waals surface area contributed by atoms with Crippen molar-refractivity contribution < 1.29 is 22.0 Å². The van der Waals surface area contributed by atoms with E-state index in [1.165, 1.54) is 18.2 Å². The van der Waals surface area contributed by atoms with E-state index in [0.29, 0.717) is 36.0 Å². The number of nitrogens with zero attached hydrogens (tertiary/aromatic N) is 2. The Morgan fingerprint density at radius 3 is 2.30 bits per heavy atom. The molecule has 0 unspecified atom stereocenters. The smallest absolute Gasteiger partial charge is 0.251 e. The summed E-state index contributed by atoms with van der Waals surface area (Å²) in [6.07, 6.45) is 0. The van der Waals surface area contributed by atoms with E-state index in [0.717, 1.165) is 22.6 Å². The molecule has 0 spiro atoms. The number of carbonyl (C=O) groups excluding carboxylic acids is 1. The molecular formula is C26H30F2N4O3S2. The molecular weight excluding hydrogens is 518 g/mol. The van der Waals surface area contributed by atoms with Crippen LogP contribution in [0.4, 0.5) is 19.6 Å². The van der Waals surface area contributed by atoms with Gasteiger partial charge in [0.25, 0.3) is 5.91 Å². The lowest BCUT2D eigenvalue weighted by Crippen LogP contribution is -2.39. The zero-order valence-electron chi connectivity index (χ0n) is 21.2. The van der Waals surface area contributed by atoms with Crippen LogP contribution in [0, 0.1) is 18.6 Å². The maximum absolute atomic E-state index is 15.0. The fraction of sp³-hybridized carbons (Fsp3) is 0.385. The van der Waals surface area contributed by atoms with Gasteiger partial charge < -0.3 is 11.1 Å². The molecule has 3 aromatic rings. The van der Waals surface area contributed by atoms with Crippen molar-refractivity contribution in [3.05, 3.63) is 64.4 Å². The van der Waals surface area contributed by atoms with E-state index < -0.39 is 32.8 Å². The fourth-order valence-electron chi connectivity index (χ4n) is 4.12. The number of amides is 1. The topological polar surface area (TPSA) is 105 Å². The van der Waals surface area contributed by atoms with Gasteiger partial charge in [0.05, 0.1) is 22.6 Å². The van der Waals surface area contributed by atoms with Crippen molar-refractivity contribution in [1.29, 1.82) is 0 Å². The Bertz CT molecular complexity index is 1430. The van der Waals surface area contributed by atoms with Crippen LogP contribution in [-0.4, -0.2) is 48.8 Å². The van der Waals surface area contributed by atoms with Crippen LogP contribution in [0.1, 0.15) is 48.0 Å². The number of pyridine rings is 1. The van der Waals surface area contributed by atoms with Crippen LogP contribution < -0.4 is 11.1 Å². The second kappa shape index (κ2) is 10.1. The first-order valence-corrected chi connectivity index (χ1v) is 14.5. The lowest BCUT2D eigenvalue weighted by atomic mass is 9.86. The van der Waals surface area contributed by atoms with Gasteiger partial charge in [-0.1, -0.05) is 26.8 Å². The lowest BCUT2D eigenvalue weighted by Gasteiger charge is -2.27. The van der Waals surface area contributed by atoms with E-state index in [-0.39, 0.29) is 27.5 Å². The minimum atomic E-state index is -2.95. The average molecular weight is 549 g/mol. The number of nitrogens with one attached hydrogen (secondary N) is 1. The first kappa shape index (κ1) is 27.2. The molecule has 0 bridgehead atoms. The summed E-state index contributed by atoms with van der Waals surface area (Å²) >= 11 is 1.02. The quantitative estimate of drug-likeness (QED) is 0.460. The van der Waals surface area contributed by atoms with E-state index in [1.54, 1.807) is 6.07 Å². The van der Waals surface area contributed by atoms with Gasteiger partial charge in [0.2, 0.25) is 0 Å². The summed E-state index contributed by atoms with van der Waals surface area (Å²) in [4.78, 5) is 19.0. The van der Waals surface area contributed by atoms with Crippen LogP contribution in [0.3, 0.4) is 0 Å². The van der Waals surface area contributed by atoms with Crippen molar-refractivity contribution in [1.82, 2.24) is 9.88 Å². The first-order valence-electron chi connectivity index (χ1n) is 11.8. The Hall–Kier alpha value is -2.89. The number of anilines is 2. The number of aromatic nitrogens is 1. The van der Waals surface area contributed by atoms with Crippen LogP contribution >= 0.6 is 11.3 Å². The number of hydrogen-bond donors (Lipinski definition) is 2. The fourth-order valence-corrected chi connectivity index (χ4v) is 6.52. The van der Waals surface area contributed by atoms with Crippen LogP contribution in [0.2, 0.25) is 0 Å². The van der Waals surface area contributed by atoms with Gasteiger partial charge in [-0.05, 0) is 47.7 Å². The third kappa shape index (κ3) is 6.16. The molecule has 3 N–H and O–H groups in total. The van der Waals surface area contributed by atoms with Crippen molar-refractivity contribution in [2.24, 2.45) is 5.73 Å². The third-order valence-corrected chi connectivity index (χ3v) is 9.10. The number of rotatable bonds is 6. The number of primary amides is 1. The summed E-state index contributed by atoms with van der Waals surface area (Å²) in [5, 5.41) is 3.41. The summed E-state index contributed by atoms with van der Waals surface area (Å²) < 4.78 is 53.4. The van der Waals surface area contributed by atoms with Crippen molar-refractivity contribution in [3.8, 4) is 10.4 Å². The third-order valence-electron chi connectivity index (χ3n) is 6.42. The summed E-state index contributed by atoms with van der Waals surface area (Å²) in [6, 6.07) is 7.65. The zero-order chi connectivity index (χ0) is 27.1. The number of thiophene rings is 1. The number of sulfone groups is 1. The van der Waals surface area contributed by atoms with E-state index in [9.17, 15) is 13.2 Å². The second-order valence-electron chi connectivity index (χ2n) is 10.3. The zero-order valence-corrected chi connectivity index (χ0v) is 22.8. The Morgan fingerprint density at radius 2 is 1.76 bits per heavy atom. The second-order valence-corrected chi connectivity index (χ2v) is 13.6. The number of benzene rings is 1. The van der Waals surface area contributed by atoms with Gasteiger partial charge in [-0.15, -0.1) is 11.3 Å². The molecule has 0 atom stereocenters. The number of aryl methyl sites for hydroxylation is 1. The Balaban J connectivity index is 1.59. The molecule has 0 aliphatic carbocycles. The van der Waals surface area contributed by atoms with Crippen LogP contribution in [0.5, 0.6) is 0 Å². The number of hydrogen-bond acceptors (Lipinski definition) is 7. The summed E-state index contributed by atoms with van der Waals surface area (Å²) in [5.41, 5.74) is 7.26. The van der Waals surface area contributed by atoms with Crippen molar-refractivity contribution in [3.63, 3.8) is 0 Å². The standard InChI is InChI=1S/C26H30F2N4O3S2/c1-15-16(14-32-7-9-37(34,35)10-8-32)5-6-22(30-15)31-25-18(24(29)33)13-21(36-25)23-19(27)11-17(12-20(23)28)26(2,3)4/h5-6,11-13H,7-10,14H2,1-4H3,(H2,29,33)(H,30,31). The van der Waals surface area contributed by atoms with Gasteiger partial charge in [0, 0.05) is 30.2 Å². The van der Waals surface area contributed by atoms with E-state index in [4.69, 9.17) is 5.73 Å². The lowest BCUT2D eigenvalue weighted by molar-refractivity contribution is 0.100. The van der Waals surface area contributed by atoms with Gasteiger partial charge in [-0.3, -0.25) is 9.69 Å². The van der Waals surface area contributed by atoms with Crippen LogP contribution in [0.25, 0.3) is 10.4 Å². The molecule has 4 rings (SSSR count). The van der Waals surface area contributed by atoms with Gasteiger partial charge in [0.15, 0.2) is 9.84 Å². The van der Waals surface area contributed by atoms with E-state index in [1.807, 2.05) is 33.8 Å². The van der Waals surface area contributed by atoms with Crippen molar-refractivity contribution >= 4 is 37.9 Å². The normalized spacial score (nSPS) is 16.1. The van der Waals surface area contributed by atoms with Gasteiger partial charge in [-0.25, -0.2) is 22.2 Å². The van der Waals surface area contributed by atoms with Gasteiger partial charge >= 0.3 is 0 Å².